The molecule has 100 valence electrons. The predicted molar refractivity (Wildman–Crippen MR) is 79.2 cm³/mol. The number of aryl methyl sites for hydroxylation is 1. The summed E-state index contributed by atoms with van der Waals surface area (Å²) in [6.45, 7) is 5.83. The van der Waals surface area contributed by atoms with E-state index in [9.17, 15) is 4.79 Å². The fourth-order valence-corrected chi connectivity index (χ4v) is 2.23. The average molecular weight is 256 g/mol. The van der Waals surface area contributed by atoms with Crippen LogP contribution in [0.2, 0.25) is 0 Å². The highest BCUT2D eigenvalue weighted by atomic mass is 16.1. The SMILES string of the molecule is Cc1c(-c2ccc([C@@H](C)N)cc2)cn(C)c(=O)c1C. The number of nitrogens with zero attached hydrogens (tertiary/aromatic N) is 1. The largest absolute Gasteiger partial charge is 0.324 e. The molecule has 0 spiro atoms. The molecule has 0 aliphatic rings. The molecule has 0 saturated carbocycles. The lowest BCUT2D eigenvalue weighted by Crippen LogP contribution is -2.20. The number of benzene rings is 1. The Balaban J connectivity index is 2.56. The van der Waals surface area contributed by atoms with E-state index in [1.807, 2.05) is 39.1 Å². The number of rotatable bonds is 2. The molecule has 3 nitrogen and oxygen atoms in total. The van der Waals surface area contributed by atoms with Crippen LogP contribution in [0.5, 0.6) is 0 Å². The molecule has 1 aromatic carbocycles. The van der Waals surface area contributed by atoms with Crippen LogP contribution >= 0.6 is 0 Å². The second-order valence-electron chi connectivity index (χ2n) is 5.12. The Morgan fingerprint density at radius 1 is 1.11 bits per heavy atom. The summed E-state index contributed by atoms with van der Waals surface area (Å²) in [5.41, 5.74) is 11.1. The number of pyridine rings is 1. The van der Waals surface area contributed by atoms with Crippen molar-refractivity contribution in [2.45, 2.75) is 26.8 Å². The van der Waals surface area contributed by atoms with E-state index in [2.05, 4.69) is 12.1 Å². The maximum Gasteiger partial charge on any atom is 0.253 e. The van der Waals surface area contributed by atoms with Crippen molar-refractivity contribution in [2.24, 2.45) is 12.8 Å². The molecule has 2 aromatic rings. The molecule has 0 unspecified atom stereocenters. The normalized spacial score (nSPS) is 12.5. The summed E-state index contributed by atoms with van der Waals surface area (Å²) in [5, 5.41) is 0. The van der Waals surface area contributed by atoms with Crippen LogP contribution in [0, 0.1) is 13.8 Å². The van der Waals surface area contributed by atoms with E-state index >= 15 is 0 Å². The van der Waals surface area contributed by atoms with Crippen molar-refractivity contribution in [1.82, 2.24) is 4.57 Å². The minimum absolute atomic E-state index is 0.0389. The molecule has 1 aromatic heterocycles. The molecule has 3 heteroatoms. The first-order chi connectivity index (χ1) is 8.91. The van der Waals surface area contributed by atoms with Crippen LogP contribution in [0.25, 0.3) is 11.1 Å². The molecule has 0 fully saturated rings. The number of aromatic nitrogens is 1. The Morgan fingerprint density at radius 3 is 2.21 bits per heavy atom. The average Bonchev–Trinajstić information content (AvgIpc) is 2.40. The lowest BCUT2D eigenvalue weighted by molar-refractivity contribution is 0.818. The highest BCUT2D eigenvalue weighted by molar-refractivity contribution is 5.67. The van der Waals surface area contributed by atoms with Crippen LogP contribution < -0.4 is 11.3 Å². The number of hydrogen-bond donors (Lipinski definition) is 1. The highest BCUT2D eigenvalue weighted by Crippen LogP contribution is 2.25. The Bertz CT molecular complexity index is 652. The van der Waals surface area contributed by atoms with Crippen LogP contribution in [-0.4, -0.2) is 4.57 Å². The van der Waals surface area contributed by atoms with E-state index < -0.39 is 0 Å². The van der Waals surface area contributed by atoms with Gasteiger partial charge in [0.05, 0.1) is 0 Å². The van der Waals surface area contributed by atoms with Crippen molar-refractivity contribution < 1.29 is 0 Å². The Labute approximate surface area is 113 Å². The van der Waals surface area contributed by atoms with Gasteiger partial charge in [-0.2, -0.15) is 0 Å². The fraction of sp³-hybridized carbons (Fsp3) is 0.312. The van der Waals surface area contributed by atoms with Crippen LogP contribution in [0.1, 0.15) is 29.7 Å². The van der Waals surface area contributed by atoms with E-state index in [0.717, 1.165) is 27.8 Å². The van der Waals surface area contributed by atoms with Crippen molar-refractivity contribution in [3.8, 4) is 11.1 Å². The highest BCUT2D eigenvalue weighted by Gasteiger charge is 2.09. The molecule has 19 heavy (non-hydrogen) atoms. The fourth-order valence-electron chi connectivity index (χ4n) is 2.23. The molecule has 0 bridgehead atoms. The summed E-state index contributed by atoms with van der Waals surface area (Å²) in [6, 6.07) is 8.24. The predicted octanol–water partition coefficient (Wildman–Crippen LogP) is 2.69. The zero-order chi connectivity index (χ0) is 14.2. The second kappa shape index (κ2) is 5.02. The summed E-state index contributed by atoms with van der Waals surface area (Å²) in [7, 11) is 1.79. The van der Waals surface area contributed by atoms with Gasteiger partial charge in [0, 0.05) is 30.4 Å². The third-order valence-electron chi connectivity index (χ3n) is 3.68. The Hall–Kier alpha value is -1.87. The third-order valence-corrected chi connectivity index (χ3v) is 3.68. The molecule has 2 N–H and O–H groups in total. The first kappa shape index (κ1) is 13.6. The lowest BCUT2D eigenvalue weighted by Gasteiger charge is -2.12. The first-order valence-corrected chi connectivity index (χ1v) is 6.44. The van der Waals surface area contributed by atoms with E-state index in [1.54, 1.807) is 11.6 Å². The van der Waals surface area contributed by atoms with E-state index in [4.69, 9.17) is 5.73 Å². The second-order valence-corrected chi connectivity index (χ2v) is 5.12. The van der Waals surface area contributed by atoms with Gasteiger partial charge in [-0.1, -0.05) is 24.3 Å². The summed E-state index contributed by atoms with van der Waals surface area (Å²) in [5.74, 6) is 0. The van der Waals surface area contributed by atoms with E-state index in [-0.39, 0.29) is 11.6 Å². The van der Waals surface area contributed by atoms with Crippen LogP contribution in [0.4, 0.5) is 0 Å². The van der Waals surface area contributed by atoms with Crippen LogP contribution in [0.15, 0.2) is 35.3 Å². The van der Waals surface area contributed by atoms with E-state index in [1.165, 1.54) is 0 Å². The molecule has 0 saturated heterocycles. The maximum atomic E-state index is 11.9. The quantitative estimate of drug-likeness (QED) is 0.898. The van der Waals surface area contributed by atoms with E-state index in [0.29, 0.717) is 0 Å². The van der Waals surface area contributed by atoms with Crippen molar-refractivity contribution >= 4 is 0 Å². The van der Waals surface area contributed by atoms with Gasteiger partial charge < -0.3 is 10.3 Å². The van der Waals surface area contributed by atoms with Gasteiger partial charge in [0.1, 0.15) is 0 Å². The monoisotopic (exact) mass is 256 g/mol. The molecule has 0 aliphatic heterocycles. The molecule has 0 radical (unpaired) electrons. The van der Waals surface area contributed by atoms with Gasteiger partial charge in [-0.25, -0.2) is 0 Å². The van der Waals surface area contributed by atoms with Gasteiger partial charge in [0.25, 0.3) is 5.56 Å². The topological polar surface area (TPSA) is 48.0 Å². The number of nitrogens with two attached hydrogens (primary N) is 1. The molecule has 0 amide bonds. The van der Waals surface area contributed by atoms with Gasteiger partial charge in [0.2, 0.25) is 0 Å². The lowest BCUT2D eigenvalue weighted by atomic mass is 9.97. The molecular weight excluding hydrogens is 236 g/mol. The summed E-state index contributed by atoms with van der Waals surface area (Å²) < 4.78 is 1.64. The van der Waals surface area contributed by atoms with Gasteiger partial charge in [-0.05, 0) is 37.5 Å². The van der Waals surface area contributed by atoms with Gasteiger partial charge in [-0.3, -0.25) is 4.79 Å². The molecule has 1 heterocycles. The summed E-state index contributed by atoms with van der Waals surface area (Å²) in [6.07, 6.45) is 1.89. The smallest absolute Gasteiger partial charge is 0.253 e. The summed E-state index contributed by atoms with van der Waals surface area (Å²) >= 11 is 0. The third kappa shape index (κ3) is 2.47. The maximum absolute atomic E-state index is 11.9. The zero-order valence-corrected chi connectivity index (χ0v) is 11.9. The molecule has 2 rings (SSSR count). The minimum atomic E-state index is 0.0389. The van der Waals surface area contributed by atoms with Crippen molar-refractivity contribution in [3.05, 3.63) is 57.5 Å². The minimum Gasteiger partial charge on any atom is -0.324 e. The Kier molecular flexibility index (Phi) is 3.58. The molecule has 0 aliphatic carbocycles. The summed E-state index contributed by atoms with van der Waals surface area (Å²) in [4.78, 5) is 11.9. The van der Waals surface area contributed by atoms with Gasteiger partial charge in [-0.15, -0.1) is 0 Å². The van der Waals surface area contributed by atoms with Crippen molar-refractivity contribution in [1.29, 1.82) is 0 Å². The molecule has 1 atom stereocenters. The van der Waals surface area contributed by atoms with Crippen LogP contribution in [0.3, 0.4) is 0 Å². The standard InChI is InChI=1S/C16H20N2O/c1-10-11(2)16(19)18(4)9-15(10)14-7-5-13(6-8-14)12(3)17/h5-9,12H,17H2,1-4H3/t12-/m1/s1. The van der Waals surface area contributed by atoms with Crippen LogP contribution in [-0.2, 0) is 7.05 Å². The number of hydrogen-bond acceptors (Lipinski definition) is 2. The van der Waals surface area contributed by atoms with Crippen molar-refractivity contribution in [2.75, 3.05) is 0 Å². The Morgan fingerprint density at radius 2 is 1.68 bits per heavy atom. The van der Waals surface area contributed by atoms with Gasteiger partial charge >= 0.3 is 0 Å². The van der Waals surface area contributed by atoms with Gasteiger partial charge in [0.15, 0.2) is 0 Å². The van der Waals surface area contributed by atoms with Crippen molar-refractivity contribution in [3.63, 3.8) is 0 Å². The zero-order valence-electron chi connectivity index (χ0n) is 11.9. The first-order valence-electron chi connectivity index (χ1n) is 6.44. The molecular formula is C16H20N2O.